The zero-order valence-corrected chi connectivity index (χ0v) is 18.1. The zero-order chi connectivity index (χ0) is 23.5. The minimum absolute atomic E-state index is 0.0106. The van der Waals surface area contributed by atoms with Crippen LogP contribution in [0, 0.1) is 12.7 Å². The van der Waals surface area contributed by atoms with E-state index in [1.165, 1.54) is 24.3 Å². The van der Waals surface area contributed by atoms with Crippen molar-refractivity contribution < 1.29 is 23.1 Å². The molecule has 0 spiro atoms. The lowest BCUT2D eigenvalue weighted by molar-refractivity contribution is -0.119. The molecule has 6 nitrogen and oxygen atoms in total. The number of halogens is 2. The molecule has 1 amide bonds. The summed E-state index contributed by atoms with van der Waals surface area (Å²) in [5.41, 5.74) is 0.714. The molecular formula is C25H17ClFNO5. The van der Waals surface area contributed by atoms with E-state index in [1.54, 1.807) is 37.3 Å². The third kappa shape index (κ3) is 4.63. The fraction of sp³-hybridized carbons (Fsp3) is 0.0800. The van der Waals surface area contributed by atoms with E-state index < -0.39 is 24.3 Å². The molecule has 0 fully saturated rings. The molecule has 1 aromatic heterocycles. The fourth-order valence-electron chi connectivity index (χ4n) is 3.32. The summed E-state index contributed by atoms with van der Waals surface area (Å²) >= 11 is 5.80. The van der Waals surface area contributed by atoms with Gasteiger partial charge in [-0.1, -0.05) is 48.0 Å². The first-order valence-corrected chi connectivity index (χ1v) is 10.3. The van der Waals surface area contributed by atoms with E-state index in [1.807, 2.05) is 6.07 Å². The van der Waals surface area contributed by atoms with Crippen molar-refractivity contribution in [1.29, 1.82) is 0 Å². The molecule has 0 radical (unpaired) electrons. The maximum absolute atomic E-state index is 13.8. The Labute approximate surface area is 192 Å². The van der Waals surface area contributed by atoms with Crippen LogP contribution in [0.25, 0.3) is 22.3 Å². The van der Waals surface area contributed by atoms with Gasteiger partial charge in [-0.05, 0) is 37.3 Å². The Bertz CT molecular complexity index is 1430. The quantitative estimate of drug-likeness (QED) is 0.401. The maximum atomic E-state index is 13.8. The molecule has 8 heteroatoms. The van der Waals surface area contributed by atoms with Crippen molar-refractivity contribution in [2.24, 2.45) is 0 Å². The first kappa shape index (κ1) is 22.2. The summed E-state index contributed by atoms with van der Waals surface area (Å²) in [7, 11) is 0. The number of nitrogens with one attached hydrogen (secondary N) is 1. The first-order valence-electron chi connectivity index (χ1n) is 9.89. The lowest BCUT2D eigenvalue weighted by Gasteiger charge is -2.11. The number of amides is 1. The molecule has 0 aliphatic rings. The summed E-state index contributed by atoms with van der Waals surface area (Å²) in [6.07, 6.45) is 0. The number of benzene rings is 3. The van der Waals surface area contributed by atoms with Gasteiger partial charge in [0.25, 0.3) is 5.91 Å². The monoisotopic (exact) mass is 465 g/mol. The number of anilines is 1. The predicted octanol–water partition coefficient (Wildman–Crippen LogP) is 5.36. The van der Waals surface area contributed by atoms with Gasteiger partial charge in [0.1, 0.15) is 17.1 Å². The fourth-order valence-corrected chi connectivity index (χ4v) is 3.50. The maximum Gasteiger partial charge on any atom is 0.342 e. The molecule has 33 heavy (non-hydrogen) atoms. The van der Waals surface area contributed by atoms with Crippen LogP contribution in [-0.2, 0) is 9.53 Å². The summed E-state index contributed by atoms with van der Waals surface area (Å²) in [4.78, 5) is 37.8. The van der Waals surface area contributed by atoms with Crippen LogP contribution in [0.2, 0.25) is 5.02 Å². The van der Waals surface area contributed by atoms with Gasteiger partial charge < -0.3 is 14.5 Å². The minimum atomic E-state index is -0.867. The van der Waals surface area contributed by atoms with Gasteiger partial charge in [0.15, 0.2) is 17.6 Å². The van der Waals surface area contributed by atoms with Crippen molar-refractivity contribution >= 4 is 40.1 Å². The number of hydrogen-bond acceptors (Lipinski definition) is 5. The molecule has 0 bridgehead atoms. The molecule has 0 aliphatic carbocycles. The van der Waals surface area contributed by atoms with Crippen LogP contribution in [0.15, 0.2) is 75.9 Å². The number of carbonyl (C=O) groups is 2. The highest BCUT2D eigenvalue weighted by molar-refractivity contribution is 6.30. The van der Waals surface area contributed by atoms with Crippen LogP contribution in [0.1, 0.15) is 15.9 Å². The Morgan fingerprint density at radius 2 is 1.82 bits per heavy atom. The Kier molecular flexibility index (Phi) is 6.24. The number of esters is 1. The third-order valence-corrected chi connectivity index (χ3v) is 5.17. The molecule has 0 saturated heterocycles. The largest absolute Gasteiger partial charge is 0.455 e. The molecule has 1 heterocycles. The number of carbonyl (C=O) groups excluding carboxylic acids is 2. The lowest BCUT2D eigenvalue weighted by atomic mass is 10.0. The van der Waals surface area contributed by atoms with E-state index in [9.17, 15) is 18.8 Å². The number of para-hydroxylation sites is 1. The summed E-state index contributed by atoms with van der Waals surface area (Å²) in [5.74, 6) is -1.97. The van der Waals surface area contributed by atoms with Gasteiger partial charge in [0.05, 0.1) is 11.1 Å². The van der Waals surface area contributed by atoms with Crippen molar-refractivity contribution in [1.82, 2.24) is 0 Å². The molecule has 4 rings (SSSR count). The summed E-state index contributed by atoms with van der Waals surface area (Å²) < 4.78 is 24.9. The normalized spacial score (nSPS) is 10.8. The highest BCUT2D eigenvalue weighted by Gasteiger charge is 2.20. The molecule has 166 valence electrons. The van der Waals surface area contributed by atoms with Gasteiger partial charge in [-0.15, -0.1) is 0 Å². The van der Waals surface area contributed by atoms with E-state index in [2.05, 4.69) is 5.32 Å². The van der Waals surface area contributed by atoms with Gasteiger partial charge in [0.2, 0.25) is 0 Å². The Balaban J connectivity index is 1.60. The Morgan fingerprint density at radius 1 is 1.06 bits per heavy atom. The highest BCUT2D eigenvalue weighted by Crippen LogP contribution is 2.27. The van der Waals surface area contributed by atoms with Crippen molar-refractivity contribution in [2.75, 3.05) is 11.9 Å². The van der Waals surface area contributed by atoms with Gasteiger partial charge in [0, 0.05) is 16.1 Å². The van der Waals surface area contributed by atoms with Crippen LogP contribution in [0.3, 0.4) is 0 Å². The number of hydrogen-bond donors (Lipinski definition) is 1. The van der Waals surface area contributed by atoms with E-state index >= 15 is 0 Å². The van der Waals surface area contributed by atoms with E-state index in [4.69, 9.17) is 20.8 Å². The van der Waals surface area contributed by atoms with Crippen LogP contribution in [0.5, 0.6) is 0 Å². The van der Waals surface area contributed by atoms with E-state index in [0.717, 1.165) is 6.07 Å². The molecule has 0 aliphatic heterocycles. The number of fused-ring (bicyclic) bond motifs is 1. The standard InChI is InChI=1S/C25H17ClFNO5/c1-14-22(30)17-8-5-9-18(24(17)33-23(14)15-6-3-2-4-7-15)25(31)32-13-21(29)28-20-12-16(26)10-11-19(20)27/h2-12H,13H2,1H3,(H,28,29). The predicted molar refractivity (Wildman–Crippen MR) is 123 cm³/mol. The molecule has 4 aromatic rings. The molecule has 0 saturated carbocycles. The molecule has 1 N–H and O–H groups in total. The molecular weight excluding hydrogens is 449 g/mol. The van der Waals surface area contributed by atoms with Crippen LogP contribution < -0.4 is 10.7 Å². The summed E-state index contributed by atoms with van der Waals surface area (Å²) in [6.45, 7) is 0.973. The second kappa shape index (κ2) is 9.26. The molecule has 0 unspecified atom stereocenters. The smallest absolute Gasteiger partial charge is 0.342 e. The van der Waals surface area contributed by atoms with Crippen molar-refractivity contribution in [3.8, 4) is 11.3 Å². The second-order valence-corrected chi connectivity index (χ2v) is 7.62. The zero-order valence-electron chi connectivity index (χ0n) is 17.4. The highest BCUT2D eigenvalue weighted by atomic mass is 35.5. The Hall–Kier alpha value is -3.97. The SMILES string of the molecule is Cc1c(-c2ccccc2)oc2c(C(=O)OCC(=O)Nc3cc(Cl)ccc3F)cccc2c1=O. The molecule has 3 aromatic carbocycles. The van der Waals surface area contributed by atoms with Gasteiger partial charge in [-0.2, -0.15) is 0 Å². The lowest BCUT2D eigenvalue weighted by Crippen LogP contribution is -2.21. The minimum Gasteiger partial charge on any atom is -0.455 e. The molecule has 0 atom stereocenters. The summed E-state index contributed by atoms with van der Waals surface area (Å²) in [5, 5.41) is 2.74. The van der Waals surface area contributed by atoms with E-state index in [-0.39, 0.29) is 32.7 Å². The van der Waals surface area contributed by atoms with Crippen LogP contribution in [-0.4, -0.2) is 18.5 Å². The van der Waals surface area contributed by atoms with Crippen molar-refractivity contribution in [3.63, 3.8) is 0 Å². The van der Waals surface area contributed by atoms with Gasteiger partial charge in [-0.3, -0.25) is 9.59 Å². The topological polar surface area (TPSA) is 85.6 Å². The average Bonchev–Trinajstić information content (AvgIpc) is 2.82. The Morgan fingerprint density at radius 3 is 2.58 bits per heavy atom. The van der Waals surface area contributed by atoms with Crippen LogP contribution in [0.4, 0.5) is 10.1 Å². The second-order valence-electron chi connectivity index (χ2n) is 7.18. The van der Waals surface area contributed by atoms with Crippen LogP contribution >= 0.6 is 11.6 Å². The average molecular weight is 466 g/mol. The summed E-state index contributed by atoms with van der Waals surface area (Å²) in [6, 6.07) is 17.2. The van der Waals surface area contributed by atoms with E-state index in [0.29, 0.717) is 16.9 Å². The van der Waals surface area contributed by atoms with Crippen molar-refractivity contribution in [2.45, 2.75) is 6.92 Å². The third-order valence-electron chi connectivity index (χ3n) is 4.94. The van der Waals surface area contributed by atoms with Gasteiger partial charge in [-0.25, -0.2) is 9.18 Å². The van der Waals surface area contributed by atoms with Crippen molar-refractivity contribution in [3.05, 3.63) is 98.9 Å². The first-order chi connectivity index (χ1) is 15.8. The number of rotatable bonds is 5. The number of ether oxygens (including phenoxy) is 1. The van der Waals surface area contributed by atoms with Gasteiger partial charge >= 0.3 is 5.97 Å².